The molecule has 0 saturated heterocycles. The van der Waals surface area contributed by atoms with Crippen LogP contribution in [0.4, 0.5) is 5.82 Å². The second-order valence-electron chi connectivity index (χ2n) is 4.16. The summed E-state index contributed by atoms with van der Waals surface area (Å²) in [5.74, 6) is 0.460. The molecule has 0 atom stereocenters. The van der Waals surface area contributed by atoms with Gasteiger partial charge in [-0.3, -0.25) is 0 Å². The first kappa shape index (κ1) is 12.0. The minimum atomic E-state index is 0.460. The highest BCUT2D eigenvalue weighted by molar-refractivity contribution is 7.98. The van der Waals surface area contributed by atoms with Crippen molar-refractivity contribution in [1.82, 2.24) is 19.7 Å². The third-order valence-electron chi connectivity index (χ3n) is 3.01. The maximum absolute atomic E-state index is 5.96. The van der Waals surface area contributed by atoms with Crippen molar-refractivity contribution in [3.05, 3.63) is 30.6 Å². The molecule has 1 aromatic carbocycles. The number of benzene rings is 1. The molecule has 2 N–H and O–H groups in total. The SMILES string of the molecule is CSc1ccc(-c2nn(C)c3ncnc(N)c23)cc1. The molecule has 5 nitrogen and oxygen atoms in total. The van der Waals surface area contributed by atoms with Crippen LogP contribution in [0.2, 0.25) is 0 Å². The molecule has 3 aromatic rings. The maximum Gasteiger partial charge on any atom is 0.163 e. The lowest BCUT2D eigenvalue weighted by Crippen LogP contribution is -1.95. The smallest absolute Gasteiger partial charge is 0.163 e. The predicted octanol–water partition coefficient (Wildman–Crippen LogP) is 2.33. The lowest BCUT2D eigenvalue weighted by molar-refractivity contribution is 0.788. The van der Waals surface area contributed by atoms with E-state index in [-0.39, 0.29) is 0 Å². The highest BCUT2D eigenvalue weighted by Crippen LogP contribution is 2.30. The van der Waals surface area contributed by atoms with E-state index in [0.717, 1.165) is 22.3 Å². The topological polar surface area (TPSA) is 69.6 Å². The second kappa shape index (κ2) is 4.55. The average molecular weight is 271 g/mol. The Kier molecular flexibility index (Phi) is 2.87. The van der Waals surface area contributed by atoms with E-state index in [1.54, 1.807) is 16.4 Å². The summed E-state index contributed by atoms with van der Waals surface area (Å²) in [4.78, 5) is 9.49. The van der Waals surface area contributed by atoms with E-state index in [4.69, 9.17) is 5.73 Å². The quantitative estimate of drug-likeness (QED) is 0.724. The number of nitrogen functional groups attached to an aromatic ring is 1. The van der Waals surface area contributed by atoms with Gasteiger partial charge in [-0.1, -0.05) is 12.1 Å². The summed E-state index contributed by atoms with van der Waals surface area (Å²) in [6.45, 7) is 0. The number of anilines is 1. The van der Waals surface area contributed by atoms with Gasteiger partial charge < -0.3 is 5.73 Å². The van der Waals surface area contributed by atoms with Crippen molar-refractivity contribution in [3.63, 3.8) is 0 Å². The Morgan fingerprint density at radius 1 is 1.16 bits per heavy atom. The van der Waals surface area contributed by atoms with E-state index >= 15 is 0 Å². The van der Waals surface area contributed by atoms with Crippen LogP contribution in [0, 0.1) is 0 Å². The minimum Gasteiger partial charge on any atom is -0.383 e. The molecule has 3 rings (SSSR count). The molecule has 2 heterocycles. The van der Waals surface area contributed by atoms with Crippen LogP contribution >= 0.6 is 11.8 Å². The van der Waals surface area contributed by atoms with Gasteiger partial charge in [-0.25, -0.2) is 14.6 Å². The minimum absolute atomic E-state index is 0.460. The van der Waals surface area contributed by atoms with Gasteiger partial charge in [-0.05, 0) is 18.4 Å². The molecule has 0 radical (unpaired) electrons. The number of nitrogens with zero attached hydrogens (tertiary/aromatic N) is 4. The van der Waals surface area contributed by atoms with Crippen molar-refractivity contribution >= 4 is 28.6 Å². The first-order valence-corrected chi connectivity index (χ1v) is 7.01. The van der Waals surface area contributed by atoms with Crippen LogP contribution in [0.1, 0.15) is 0 Å². The van der Waals surface area contributed by atoms with E-state index in [1.807, 2.05) is 19.2 Å². The van der Waals surface area contributed by atoms with Gasteiger partial charge in [-0.15, -0.1) is 11.8 Å². The first-order chi connectivity index (χ1) is 9.20. The highest BCUT2D eigenvalue weighted by atomic mass is 32.2. The molecule has 0 fully saturated rings. The number of hydrogen-bond donors (Lipinski definition) is 1. The van der Waals surface area contributed by atoms with Gasteiger partial charge in [0.25, 0.3) is 0 Å². The molecule has 19 heavy (non-hydrogen) atoms. The van der Waals surface area contributed by atoms with Gasteiger partial charge >= 0.3 is 0 Å². The second-order valence-corrected chi connectivity index (χ2v) is 5.04. The van der Waals surface area contributed by atoms with E-state index < -0.39 is 0 Å². The number of fused-ring (bicyclic) bond motifs is 1. The van der Waals surface area contributed by atoms with Crippen molar-refractivity contribution in [2.75, 3.05) is 12.0 Å². The van der Waals surface area contributed by atoms with Crippen LogP contribution in [0.3, 0.4) is 0 Å². The van der Waals surface area contributed by atoms with Crippen molar-refractivity contribution in [2.45, 2.75) is 4.90 Å². The standard InChI is InChI=1S/C13H13N5S/c1-18-13-10(12(14)15-7-16-13)11(17-18)8-3-5-9(19-2)6-4-8/h3-7H,1-2H3,(H2,14,15,16). The normalized spacial score (nSPS) is 11.1. The molecule has 0 spiro atoms. The lowest BCUT2D eigenvalue weighted by Gasteiger charge is -2.01. The van der Waals surface area contributed by atoms with Crippen LogP contribution in [0.25, 0.3) is 22.3 Å². The maximum atomic E-state index is 5.96. The van der Waals surface area contributed by atoms with E-state index in [9.17, 15) is 0 Å². The van der Waals surface area contributed by atoms with Crippen LogP contribution in [-0.4, -0.2) is 26.0 Å². The Labute approximate surface area is 114 Å². The summed E-state index contributed by atoms with van der Waals surface area (Å²) >= 11 is 1.71. The Hall–Kier alpha value is -2.08. The first-order valence-electron chi connectivity index (χ1n) is 5.78. The Morgan fingerprint density at radius 2 is 1.89 bits per heavy atom. The Morgan fingerprint density at radius 3 is 2.58 bits per heavy atom. The van der Waals surface area contributed by atoms with Gasteiger partial charge in [0, 0.05) is 17.5 Å². The van der Waals surface area contributed by atoms with Crippen LogP contribution < -0.4 is 5.73 Å². The molecule has 6 heteroatoms. The highest BCUT2D eigenvalue weighted by Gasteiger charge is 2.14. The number of nitrogens with two attached hydrogens (primary N) is 1. The number of thioether (sulfide) groups is 1. The fraction of sp³-hybridized carbons (Fsp3) is 0.154. The monoisotopic (exact) mass is 271 g/mol. The third-order valence-corrected chi connectivity index (χ3v) is 3.76. The van der Waals surface area contributed by atoms with Gasteiger partial charge in [0.1, 0.15) is 17.8 Å². The summed E-state index contributed by atoms with van der Waals surface area (Å²) in [5.41, 5.74) is 8.54. The van der Waals surface area contributed by atoms with Crippen molar-refractivity contribution in [3.8, 4) is 11.3 Å². The number of aromatic nitrogens is 4. The average Bonchev–Trinajstić information content (AvgIpc) is 2.78. The number of rotatable bonds is 2. The van der Waals surface area contributed by atoms with E-state index in [1.165, 1.54) is 11.2 Å². The molecule has 0 bridgehead atoms. The van der Waals surface area contributed by atoms with E-state index in [0.29, 0.717) is 5.82 Å². The third kappa shape index (κ3) is 1.94. The largest absolute Gasteiger partial charge is 0.383 e. The Balaban J connectivity index is 2.24. The molecular formula is C13H13N5S. The molecule has 0 aliphatic carbocycles. The van der Waals surface area contributed by atoms with Crippen molar-refractivity contribution < 1.29 is 0 Å². The van der Waals surface area contributed by atoms with Gasteiger partial charge in [0.2, 0.25) is 0 Å². The predicted molar refractivity (Wildman–Crippen MR) is 77.9 cm³/mol. The Bertz CT molecular complexity index is 733. The molecule has 96 valence electrons. The van der Waals surface area contributed by atoms with Crippen LogP contribution in [-0.2, 0) is 7.05 Å². The van der Waals surface area contributed by atoms with Crippen LogP contribution in [0.5, 0.6) is 0 Å². The molecule has 0 aliphatic heterocycles. The number of aryl methyl sites for hydroxylation is 1. The molecule has 0 aliphatic rings. The zero-order chi connectivity index (χ0) is 13.4. The fourth-order valence-corrected chi connectivity index (χ4v) is 2.47. The summed E-state index contributed by atoms with van der Waals surface area (Å²) in [5, 5.41) is 5.31. The van der Waals surface area contributed by atoms with Crippen molar-refractivity contribution in [2.24, 2.45) is 7.05 Å². The zero-order valence-electron chi connectivity index (χ0n) is 10.7. The summed E-state index contributed by atoms with van der Waals surface area (Å²) in [6, 6.07) is 8.22. The molecule has 0 unspecified atom stereocenters. The summed E-state index contributed by atoms with van der Waals surface area (Å²) in [7, 11) is 1.86. The molecule has 0 amide bonds. The van der Waals surface area contributed by atoms with Gasteiger partial charge in [0.05, 0.1) is 5.39 Å². The summed E-state index contributed by atoms with van der Waals surface area (Å²) < 4.78 is 1.73. The van der Waals surface area contributed by atoms with Gasteiger partial charge in [-0.2, -0.15) is 5.10 Å². The number of hydrogen-bond acceptors (Lipinski definition) is 5. The van der Waals surface area contributed by atoms with Gasteiger partial charge in [0.15, 0.2) is 5.65 Å². The lowest BCUT2D eigenvalue weighted by atomic mass is 10.1. The molecule has 0 saturated carbocycles. The van der Waals surface area contributed by atoms with E-state index in [2.05, 4.69) is 33.5 Å². The fourth-order valence-electron chi connectivity index (χ4n) is 2.06. The molecule has 2 aromatic heterocycles. The van der Waals surface area contributed by atoms with Crippen LogP contribution in [0.15, 0.2) is 35.5 Å². The zero-order valence-corrected chi connectivity index (χ0v) is 11.5. The molecular weight excluding hydrogens is 258 g/mol. The summed E-state index contributed by atoms with van der Waals surface area (Å²) in [6.07, 6.45) is 3.51. The van der Waals surface area contributed by atoms with Crippen molar-refractivity contribution in [1.29, 1.82) is 0 Å².